The number of nitrogens with one attached hydrogen (secondary N) is 1. The van der Waals surface area contributed by atoms with Gasteiger partial charge in [-0.15, -0.1) is 0 Å². The van der Waals surface area contributed by atoms with Gasteiger partial charge in [0.25, 0.3) is 5.69 Å². The third-order valence-corrected chi connectivity index (χ3v) is 6.16. The molecule has 1 N–H and O–H groups in total. The number of thioether (sulfide) groups is 1. The summed E-state index contributed by atoms with van der Waals surface area (Å²) in [6.45, 7) is 7.65. The molecule has 1 amide bonds. The Balaban J connectivity index is 2.02. The third-order valence-electron chi connectivity index (χ3n) is 5.12. The predicted octanol–water partition coefficient (Wildman–Crippen LogP) is 4.37. The van der Waals surface area contributed by atoms with Crippen molar-refractivity contribution in [1.82, 2.24) is 5.32 Å². The Bertz CT molecular complexity index is 872. The number of carbonyl (C=O) groups is 1. The maximum Gasteiger partial charge on any atom is 0.413 e. The first-order valence-electron chi connectivity index (χ1n) is 9.82. The van der Waals surface area contributed by atoms with Gasteiger partial charge in [0, 0.05) is 42.4 Å². The van der Waals surface area contributed by atoms with Gasteiger partial charge in [0.05, 0.1) is 16.6 Å². The largest absolute Gasteiger partial charge is 0.444 e. The number of aliphatic imine (C=N–C) groups is 1. The number of halogens is 1. The fourth-order valence-corrected chi connectivity index (χ4v) is 5.17. The van der Waals surface area contributed by atoms with E-state index in [1.165, 1.54) is 17.8 Å². The number of hydrogen-bond donors (Lipinski definition) is 1. The van der Waals surface area contributed by atoms with E-state index in [4.69, 9.17) is 14.5 Å². The molecule has 3 atom stereocenters. The van der Waals surface area contributed by atoms with Crippen LogP contribution < -0.4 is 5.32 Å². The van der Waals surface area contributed by atoms with Crippen molar-refractivity contribution in [3.63, 3.8) is 0 Å². The Kier molecular flexibility index (Phi) is 6.37. The molecule has 3 rings (SSSR count). The molecule has 8 nitrogen and oxygen atoms in total. The van der Waals surface area contributed by atoms with E-state index in [9.17, 15) is 19.3 Å². The molecule has 0 radical (unpaired) electrons. The summed E-state index contributed by atoms with van der Waals surface area (Å²) in [4.78, 5) is 27.7. The molecule has 0 unspecified atom stereocenters. The lowest BCUT2D eigenvalue weighted by Gasteiger charge is -2.36. The minimum absolute atomic E-state index is 0.0836. The molecule has 2 aliphatic rings. The Labute approximate surface area is 178 Å². The van der Waals surface area contributed by atoms with E-state index in [0.717, 1.165) is 12.1 Å². The van der Waals surface area contributed by atoms with Gasteiger partial charge in [0.1, 0.15) is 11.4 Å². The lowest BCUT2D eigenvalue weighted by molar-refractivity contribution is -0.385. The summed E-state index contributed by atoms with van der Waals surface area (Å²) in [5.74, 6) is -0.0740. The highest BCUT2D eigenvalue weighted by molar-refractivity contribution is 8.13. The first kappa shape index (κ1) is 22.5. The van der Waals surface area contributed by atoms with Gasteiger partial charge in [-0.2, -0.15) is 0 Å². The van der Waals surface area contributed by atoms with Crippen LogP contribution in [0.15, 0.2) is 23.2 Å². The van der Waals surface area contributed by atoms with Crippen LogP contribution in [0.4, 0.5) is 14.9 Å². The van der Waals surface area contributed by atoms with Gasteiger partial charge in [-0.25, -0.2) is 9.18 Å². The van der Waals surface area contributed by atoms with Crippen molar-refractivity contribution in [1.29, 1.82) is 0 Å². The molecular formula is C20H26FN3O5S. The second-order valence-corrected chi connectivity index (χ2v) is 9.42. The molecular weight excluding hydrogens is 413 g/mol. The number of non-ortho nitro benzene ring substituents is 1. The Morgan fingerprint density at radius 3 is 2.83 bits per heavy atom. The summed E-state index contributed by atoms with van der Waals surface area (Å²) in [5, 5.41) is 14.2. The molecule has 0 spiro atoms. The quantitative estimate of drug-likeness (QED) is 0.552. The average molecular weight is 440 g/mol. The minimum Gasteiger partial charge on any atom is -0.444 e. The number of alkyl carbamates (subject to hydrolysis) is 1. The van der Waals surface area contributed by atoms with Crippen LogP contribution in [0.5, 0.6) is 0 Å². The summed E-state index contributed by atoms with van der Waals surface area (Å²) in [6.07, 6.45) is 0.237. The van der Waals surface area contributed by atoms with Crippen LogP contribution in [-0.2, 0) is 15.0 Å². The van der Waals surface area contributed by atoms with E-state index in [-0.39, 0.29) is 23.3 Å². The maximum atomic E-state index is 14.9. The summed E-state index contributed by atoms with van der Waals surface area (Å²) in [5.41, 5.74) is -1.77. The van der Waals surface area contributed by atoms with Crippen LogP contribution in [0.1, 0.15) is 46.1 Å². The lowest BCUT2D eigenvalue weighted by Crippen LogP contribution is -2.42. The molecule has 164 valence electrons. The number of ether oxygens (including phenoxy) is 2. The van der Waals surface area contributed by atoms with E-state index in [2.05, 4.69) is 5.32 Å². The Morgan fingerprint density at radius 2 is 2.20 bits per heavy atom. The van der Waals surface area contributed by atoms with Crippen LogP contribution >= 0.6 is 11.8 Å². The van der Waals surface area contributed by atoms with Crippen LogP contribution in [0.3, 0.4) is 0 Å². The fourth-order valence-electron chi connectivity index (χ4n) is 4.01. The molecule has 1 aromatic carbocycles. The van der Waals surface area contributed by atoms with Crippen molar-refractivity contribution < 1.29 is 23.6 Å². The second kappa shape index (κ2) is 8.50. The SMILES string of the molecule is CCO[C@@H]1C[C@H]2CSC(NC(=O)OC(C)(C)C)=N[C@@]2(c2cc([N+](=O)[O-])ccc2F)C1. The van der Waals surface area contributed by atoms with Crippen molar-refractivity contribution in [3.8, 4) is 0 Å². The molecule has 10 heteroatoms. The van der Waals surface area contributed by atoms with Gasteiger partial charge in [-0.3, -0.25) is 20.4 Å². The number of amidine groups is 1. The fraction of sp³-hybridized carbons (Fsp3) is 0.600. The van der Waals surface area contributed by atoms with Crippen LogP contribution in [0.2, 0.25) is 0 Å². The molecule has 1 fully saturated rings. The van der Waals surface area contributed by atoms with Crippen LogP contribution in [-0.4, -0.2) is 40.2 Å². The topological polar surface area (TPSA) is 103 Å². The summed E-state index contributed by atoms with van der Waals surface area (Å²) in [6, 6.07) is 3.49. The van der Waals surface area contributed by atoms with Gasteiger partial charge in [0.2, 0.25) is 0 Å². The second-order valence-electron chi connectivity index (χ2n) is 8.41. The summed E-state index contributed by atoms with van der Waals surface area (Å²) >= 11 is 1.35. The highest BCUT2D eigenvalue weighted by Gasteiger charge is 2.53. The summed E-state index contributed by atoms with van der Waals surface area (Å²) in [7, 11) is 0. The Morgan fingerprint density at radius 1 is 1.47 bits per heavy atom. The van der Waals surface area contributed by atoms with E-state index in [1.54, 1.807) is 20.8 Å². The normalized spacial score (nSPS) is 26.0. The average Bonchev–Trinajstić information content (AvgIpc) is 2.98. The van der Waals surface area contributed by atoms with Crippen molar-refractivity contribution in [2.45, 2.75) is 57.8 Å². The van der Waals surface area contributed by atoms with E-state index in [1.807, 2.05) is 6.92 Å². The minimum atomic E-state index is -1.05. The monoisotopic (exact) mass is 439 g/mol. The van der Waals surface area contributed by atoms with Crippen molar-refractivity contribution in [2.24, 2.45) is 10.9 Å². The third kappa shape index (κ3) is 4.75. The molecule has 1 aromatic rings. The lowest BCUT2D eigenvalue weighted by atomic mass is 9.81. The zero-order chi connectivity index (χ0) is 22.1. The number of nitrogens with zero attached hydrogens (tertiary/aromatic N) is 2. The van der Waals surface area contributed by atoms with Gasteiger partial charge < -0.3 is 9.47 Å². The van der Waals surface area contributed by atoms with E-state index in [0.29, 0.717) is 30.4 Å². The number of nitro groups is 1. The smallest absolute Gasteiger partial charge is 0.413 e. The highest BCUT2D eigenvalue weighted by Crippen LogP contribution is 2.52. The molecule has 0 saturated heterocycles. The van der Waals surface area contributed by atoms with Gasteiger partial charge in [-0.05, 0) is 40.2 Å². The van der Waals surface area contributed by atoms with E-state index >= 15 is 0 Å². The first-order chi connectivity index (χ1) is 14.0. The zero-order valence-electron chi connectivity index (χ0n) is 17.4. The molecule has 0 bridgehead atoms. The number of amides is 1. The molecule has 1 heterocycles. The molecule has 1 aliphatic carbocycles. The van der Waals surface area contributed by atoms with Crippen LogP contribution in [0, 0.1) is 21.8 Å². The predicted molar refractivity (Wildman–Crippen MR) is 112 cm³/mol. The number of hydrogen-bond acceptors (Lipinski definition) is 7. The number of nitro benzene ring substituents is 1. The molecule has 0 aromatic heterocycles. The number of rotatable bonds is 4. The number of carbonyl (C=O) groups excluding carboxylic acids is 1. The molecule has 1 aliphatic heterocycles. The first-order valence-corrected chi connectivity index (χ1v) is 10.8. The van der Waals surface area contributed by atoms with Crippen LogP contribution in [0.25, 0.3) is 0 Å². The summed E-state index contributed by atoms with van der Waals surface area (Å²) < 4.78 is 26.0. The van der Waals surface area contributed by atoms with Gasteiger partial charge >= 0.3 is 6.09 Å². The zero-order valence-corrected chi connectivity index (χ0v) is 18.3. The standard InChI is InChI=1S/C20H26FN3O5S/c1-5-28-14-8-12-11-30-17(22-18(25)29-19(2,3)4)23-20(12,10-14)15-9-13(24(26)27)6-7-16(15)21/h6-7,9,12,14H,5,8,10-11H2,1-4H3,(H,22,23,25)/t12-,14+,20-/m0/s1. The highest BCUT2D eigenvalue weighted by atomic mass is 32.2. The number of fused-ring (bicyclic) bond motifs is 1. The molecule has 1 saturated carbocycles. The van der Waals surface area contributed by atoms with Gasteiger partial charge in [-0.1, -0.05) is 11.8 Å². The molecule has 30 heavy (non-hydrogen) atoms. The number of benzene rings is 1. The van der Waals surface area contributed by atoms with Crippen molar-refractivity contribution in [2.75, 3.05) is 12.4 Å². The van der Waals surface area contributed by atoms with E-state index < -0.39 is 28.0 Å². The van der Waals surface area contributed by atoms with Crippen molar-refractivity contribution in [3.05, 3.63) is 39.7 Å². The maximum absolute atomic E-state index is 14.9. The van der Waals surface area contributed by atoms with Crippen molar-refractivity contribution >= 4 is 28.7 Å². The van der Waals surface area contributed by atoms with Gasteiger partial charge in [0.15, 0.2) is 5.17 Å². The Hall–Kier alpha value is -2.20.